The predicted molar refractivity (Wildman–Crippen MR) is 167 cm³/mol. The molecule has 0 saturated heterocycles. The van der Waals surface area contributed by atoms with Crippen molar-refractivity contribution in [3.8, 4) is 11.5 Å². The number of anilines is 1. The summed E-state index contributed by atoms with van der Waals surface area (Å²) in [7, 11) is -1.35. The Hall–Kier alpha value is -4.05. The summed E-state index contributed by atoms with van der Waals surface area (Å²) in [4.78, 5) is 29.3. The molecule has 2 amide bonds. The van der Waals surface area contributed by atoms with Crippen molar-refractivity contribution in [1.29, 1.82) is 0 Å². The average Bonchev–Trinajstić information content (AvgIpc) is 3.53. The molecule has 0 bridgehead atoms. The second kappa shape index (κ2) is 14.4. The molecule has 0 radical (unpaired) electrons. The molecule has 1 aliphatic carbocycles. The Kier molecular flexibility index (Phi) is 10.7. The van der Waals surface area contributed by atoms with Crippen LogP contribution in [0.25, 0.3) is 0 Å². The SMILES string of the molecule is CC[C@@H](C(=O)NC1CCCC1)N(Cc1ccccc1C)C(=O)CN(c1ccccc1)S(=O)(=O)c1ccc(OC)c(OC)c1. The number of aryl methyl sites for hydroxylation is 1. The Bertz CT molecular complexity index is 1510. The Balaban J connectivity index is 1.73. The van der Waals surface area contributed by atoms with Gasteiger partial charge in [0.15, 0.2) is 11.5 Å². The molecule has 3 aromatic rings. The number of hydrogen-bond acceptors (Lipinski definition) is 6. The maximum atomic E-state index is 14.3. The van der Waals surface area contributed by atoms with Gasteiger partial charge in [-0.05, 0) is 61.6 Å². The third kappa shape index (κ3) is 7.48. The lowest BCUT2D eigenvalue weighted by Gasteiger charge is -2.34. The maximum Gasteiger partial charge on any atom is 0.264 e. The molecule has 43 heavy (non-hydrogen) atoms. The second-order valence-corrected chi connectivity index (χ2v) is 12.6. The van der Waals surface area contributed by atoms with Gasteiger partial charge in [-0.1, -0.05) is 62.2 Å². The topological polar surface area (TPSA) is 105 Å². The minimum atomic E-state index is -4.24. The average molecular weight is 608 g/mol. The fourth-order valence-corrected chi connectivity index (χ4v) is 6.92. The van der Waals surface area contributed by atoms with Crippen molar-refractivity contribution in [3.05, 3.63) is 83.9 Å². The number of methoxy groups -OCH3 is 2. The molecule has 1 N–H and O–H groups in total. The summed E-state index contributed by atoms with van der Waals surface area (Å²) in [5, 5.41) is 3.14. The largest absolute Gasteiger partial charge is 0.493 e. The first-order valence-electron chi connectivity index (χ1n) is 14.6. The van der Waals surface area contributed by atoms with E-state index in [1.165, 1.54) is 37.3 Å². The zero-order valence-electron chi connectivity index (χ0n) is 25.3. The van der Waals surface area contributed by atoms with Crippen molar-refractivity contribution in [2.24, 2.45) is 0 Å². The van der Waals surface area contributed by atoms with Gasteiger partial charge in [0.2, 0.25) is 11.8 Å². The summed E-state index contributed by atoms with van der Waals surface area (Å²) in [6.07, 6.45) is 4.34. The van der Waals surface area contributed by atoms with Crippen LogP contribution in [0.1, 0.15) is 50.2 Å². The van der Waals surface area contributed by atoms with Crippen LogP contribution in [-0.2, 0) is 26.2 Å². The van der Waals surface area contributed by atoms with E-state index in [4.69, 9.17) is 9.47 Å². The van der Waals surface area contributed by atoms with E-state index in [0.29, 0.717) is 17.9 Å². The number of rotatable bonds is 13. The molecule has 0 spiro atoms. The minimum absolute atomic E-state index is 0.0572. The van der Waals surface area contributed by atoms with E-state index in [9.17, 15) is 18.0 Å². The second-order valence-electron chi connectivity index (χ2n) is 10.7. The Morgan fingerprint density at radius 3 is 2.21 bits per heavy atom. The summed E-state index contributed by atoms with van der Waals surface area (Å²) in [6, 6.07) is 19.8. The van der Waals surface area contributed by atoms with E-state index in [-0.39, 0.29) is 29.1 Å². The first-order chi connectivity index (χ1) is 20.7. The molecule has 0 unspecified atom stereocenters. The molecule has 10 heteroatoms. The predicted octanol–water partition coefficient (Wildman–Crippen LogP) is 5.07. The zero-order valence-corrected chi connectivity index (χ0v) is 26.1. The van der Waals surface area contributed by atoms with Gasteiger partial charge in [0.05, 0.1) is 24.8 Å². The van der Waals surface area contributed by atoms with Gasteiger partial charge in [0, 0.05) is 18.7 Å². The Morgan fingerprint density at radius 2 is 1.58 bits per heavy atom. The molecule has 0 aliphatic heterocycles. The first-order valence-corrected chi connectivity index (χ1v) is 16.1. The van der Waals surface area contributed by atoms with Crippen LogP contribution in [-0.4, -0.2) is 58.0 Å². The number of amides is 2. The zero-order chi connectivity index (χ0) is 31.0. The normalized spacial score (nSPS) is 14.1. The van der Waals surface area contributed by atoms with E-state index in [2.05, 4.69) is 5.32 Å². The number of hydrogen-bond donors (Lipinski definition) is 1. The number of sulfonamides is 1. The van der Waals surface area contributed by atoms with Crippen molar-refractivity contribution >= 4 is 27.5 Å². The molecule has 1 saturated carbocycles. The van der Waals surface area contributed by atoms with E-state index in [0.717, 1.165) is 41.1 Å². The smallest absolute Gasteiger partial charge is 0.264 e. The van der Waals surface area contributed by atoms with Gasteiger partial charge in [-0.3, -0.25) is 13.9 Å². The third-order valence-corrected chi connectivity index (χ3v) is 9.73. The van der Waals surface area contributed by atoms with E-state index in [1.54, 1.807) is 30.3 Å². The molecule has 1 fully saturated rings. The van der Waals surface area contributed by atoms with Crippen LogP contribution in [0.3, 0.4) is 0 Å². The summed E-state index contributed by atoms with van der Waals surface area (Å²) >= 11 is 0. The lowest BCUT2D eigenvalue weighted by Crippen LogP contribution is -2.53. The molecule has 1 atom stereocenters. The molecular formula is C33H41N3O6S. The molecule has 230 valence electrons. The van der Waals surface area contributed by atoms with E-state index in [1.807, 2.05) is 38.1 Å². The van der Waals surface area contributed by atoms with Crippen LogP contribution in [0.15, 0.2) is 77.7 Å². The lowest BCUT2D eigenvalue weighted by molar-refractivity contribution is -0.140. The lowest BCUT2D eigenvalue weighted by atomic mass is 10.1. The summed E-state index contributed by atoms with van der Waals surface area (Å²) in [6.45, 7) is 3.49. The van der Waals surface area contributed by atoms with Crippen LogP contribution in [0, 0.1) is 6.92 Å². The van der Waals surface area contributed by atoms with Gasteiger partial charge in [-0.15, -0.1) is 0 Å². The highest BCUT2D eigenvalue weighted by atomic mass is 32.2. The van der Waals surface area contributed by atoms with Crippen LogP contribution >= 0.6 is 0 Å². The highest BCUT2D eigenvalue weighted by Crippen LogP contribution is 2.32. The van der Waals surface area contributed by atoms with Gasteiger partial charge in [0.25, 0.3) is 10.0 Å². The van der Waals surface area contributed by atoms with Gasteiger partial charge in [-0.2, -0.15) is 0 Å². The monoisotopic (exact) mass is 607 g/mol. The van der Waals surface area contributed by atoms with Crippen molar-refractivity contribution < 1.29 is 27.5 Å². The van der Waals surface area contributed by atoms with Crippen molar-refractivity contribution in [2.45, 2.75) is 69.5 Å². The molecule has 9 nitrogen and oxygen atoms in total. The highest BCUT2D eigenvalue weighted by molar-refractivity contribution is 7.92. The summed E-state index contributed by atoms with van der Waals surface area (Å²) in [5.41, 5.74) is 2.19. The number of nitrogens with zero attached hydrogens (tertiary/aromatic N) is 2. The third-order valence-electron chi connectivity index (χ3n) is 7.96. The number of para-hydroxylation sites is 1. The van der Waals surface area contributed by atoms with Gasteiger partial charge in [-0.25, -0.2) is 8.42 Å². The number of carbonyl (C=O) groups is 2. The van der Waals surface area contributed by atoms with Crippen molar-refractivity contribution in [3.63, 3.8) is 0 Å². The van der Waals surface area contributed by atoms with Gasteiger partial charge < -0.3 is 19.7 Å². The van der Waals surface area contributed by atoms with Crippen molar-refractivity contribution in [1.82, 2.24) is 10.2 Å². The fourth-order valence-electron chi connectivity index (χ4n) is 5.49. The van der Waals surface area contributed by atoms with Crippen LogP contribution in [0.4, 0.5) is 5.69 Å². The Morgan fingerprint density at radius 1 is 0.930 bits per heavy atom. The molecule has 4 rings (SSSR count). The van der Waals surface area contributed by atoms with Crippen molar-refractivity contribution in [2.75, 3.05) is 25.1 Å². The molecule has 1 aliphatic rings. The first kappa shape index (κ1) is 31.9. The Labute approximate surface area is 254 Å². The van der Waals surface area contributed by atoms with Gasteiger partial charge in [0.1, 0.15) is 12.6 Å². The number of carbonyl (C=O) groups excluding carboxylic acids is 2. The fraction of sp³-hybridized carbons (Fsp3) is 0.394. The molecule has 0 heterocycles. The van der Waals surface area contributed by atoms with Crippen LogP contribution in [0.2, 0.25) is 0 Å². The number of benzene rings is 3. The van der Waals surface area contributed by atoms with Crippen LogP contribution < -0.4 is 19.1 Å². The number of nitrogens with one attached hydrogen (secondary N) is 1. The molecular weight excluding hydrogens is 566 g/mol. The van der Waals surface area contributed by atoms with Gasteiger partial charge >= 0.3 is 0 Å². The number of ether oxygens (including phenoxy) is 2. The summed E-state index contributed by atoms with van der Waals surface area (Å²) in [5.74, 6) is -0.0686. The van der Waals surface area contributed by atoms with E-state index >= 15 is 0 Å². The highest BCUT2D eigenvalue weighted by Gasteiger charge is 2.35. The van der Waals surface area contributed by atoms with Crippen LogP contribution in [0.5, 0.6) is 11.5 Å². The quantitative estimate of drug-likeness (QED) is 0.291. The molecule has 0 aromatic heterocycles. The molecule has 3 aromatic carbocycles. The summed E-state index contributed by atoms with van der Waals surface area (Å²) < 4.78 is 40.0. The standard InChI is InChI=1S/C33H41N3O6S/c1-5-29(33(38)34-26-15-11-12-16-26)35(22-25-14-10-9-13-24(25)2)32(37)23-36(27-17-7-6-8-18-27)43(39,40)28-19-20-30(41-3)31(21-28)42-4/h6-10,13-14,17-21,26,29H,5,11-12,15-16,22-23H2,1-4H3,(H,34,38)/t29-/m0/s1. The minimum Gasteiger partial charge on any atom is -0.493 e. The maximum absolute atomic E-state index is 14.3. The van der Waals surface area contributed by atoms with E-state index < -0.39 is 28.5 Å².